The van der Waals surface area contributed by atoms with E-state index in [-0.39, 0.29) is 5.41 Å². The molecule has 1 aliphatic carbocycles. The lowest BCUT2D eigenvalue weighted by Gasteiger charge is -2.28. The summed E-state index contributed by atoms with van der Waals surface area (Å²) < 4.78 is 0. The molecule has 280 valence electrons. The van der Waals surface area contributed by atoms with Gasteiger partial charge in [-0.05, 0) is 133 Å². The first-order valence-electron chi connectivity index (χ1n) is 19.5. The summed E-state index contributed by atoms with van der Waals surface area (Å²) in [5, 5.41) is 0. The van der Waals surface area contributed by atoms with Gasteiger partial charge in [-0.25, -0.2) is 0 Å². The van der Waals surface area contributed by atoms with Gasteiger partial charge in [0, 0.05) is 39.6 Å². The van der Waals surface area contributed by atoms with E-state index < -0.39 is 0 Å². The maximum absolute atomic E-state index is 4.51. The second-order valence-electron chi connectivity index (χ2n) is 14.8. The second-order valence-corrected chi connectivity index (χ2v) is 14.8. The molecular weight excluding hydrogens is 677 g/mol. The van der Waals surface area contributed by atoms with Crippen LogP contribution in [0.1, 0.15) is 70.2 Å². The predicted molar refractivity (Wildman–Crippen MR) is 246 cm³/mol. The van der Waals surface area contributed by atoms with Gasteiger partial charge in [-0.2, -0.15) is 0 Å². The first kappa shape index (κ1) is 39.3. The summed E-state index contributed by atoms with van der Waals surface area (Å²) in [6, 6.07) is 35.0. The van der Waals surface area contributed by atoms with Crippen molar-refractivity contribution in [2.45, 2.75) is 53.4 Å². The Morgan fingerprint density at radius 1 is 0.768 bits per heavy atom. The van der Waals surface area contributed by atoms with Gasteiger partial charge in [0.25, 0.3) is 0 Å². The zero-order valence-electron chi connectivity index (χ0n) is 33.9. The van der Waals surface area contributed by atoms with E-state index in [1.165, 1.54) is 33.5 Å². The van der Waals surface area contributed by atoms with Crippen LogP contribution in [0.4, 0.5) is 22.7 Å². The molecule has 1 heterocycles. The lowest BCUT2D eigenvalue weighted by atomic mass is 9.82. The minimum atomic E-state index is -0.0642. The van der Waals surface area contributed by atoms with Crippen LogP contribution in [0.25, 0.3) is 16.7 Å². The Hall–Kier alpha value is -6.38. The summed E-state index contributed by atoms with van der Waals surface area (Å²) in [4.78, 5) is 4.60. The van der Waals surface area contributed by atoms with Gasteiger partial charge in [-0.15, -0.1) is 0 Å². The zero-order valence-corrected chi connectivity index (χ0v) is 33.9. The zero-order chi connectivity index (χ0) is 39.8. The van der Waals surface area contributed by atoms with Gasteiger partial charge in [0.15, 0.2) is 0 Å². The number of rotatable bonds is 11. The Morgan fingerprint density at radius 2 is 1.45 bits per heavy atom. The third-order valence-electron chi connectivity index (χ3n) is 11.0. The SMILES string of the molecule is C=C/C=C\C1=C(C)C(C)(C)c2ccc(N(c3ccc(C(=C)/C=C\C=C/C)cc3)c3ccc(C4=CCC(/C=C\C)=C(/C)N(c5ccccc5)C(=C)C=C4)cc3)cc21. The van der Waals surface area contributed by atoms with Gasteiger partial charge in [0.05, 0.1) is 0 Å². The molecule has 0 fully saturated rings. The van der Waals surface area contributed by atoms with E-state index in [1.54, 1.807) is 0 Å². The van der Waals surface area contributed by atoms with E-state index in [2.05, 4.69) is 192 Å². The van der Waals surface area contributed by atoms with Gasteiger partial charge in [0.2, 0.25) is 0 Å². The van der Waals surface area contributed by atoms with Crippen LogP contribution in [-0.2, 0) is 5.41 Å². The number of benzene rings is 4. The molecule has 4 aromatic rings. The standard InChI is InChI=1S/C54H54N2/c1-10-13-16-20-39(4)43-28-32-48(33-29-43)56(50-36-37-53-52(38-50)51(23-14-11-2)41(6)54(53,8)9)49-34-30-46(31-35-49)45-25-24-40(5)55(47-21-17-15-18-22-47)42(7)44(19-12-3)26-27-45/h10-25,27-38H,2,4-5,26H2,1,3,6-9H3/b13-10-,19-12-,20-16-,23-14-,25-24?,44-42-,45-27?. The second kappa shape index (κ2) is 17.4. The fourth-order valence-corrected chi connectivity index (χ4v) is 7.61. The molecular formula is C54H54N2. The van der Waals surface area contributed by atoms with Crippen molar-refractivity contribution in [3.05, 3.63) is 235 Å². The summed E-state index contributed by atoms with van der Waals surface area (Å²) in [6.07, 6.45) is 26.0. The predicted octanol–water partition coefficient (Wildman–Crippen LogP) is 15.3. The van der Waals surface area contributed by atoms with Gasteiger partial charge in [0.1, 0.15) is 0 Å². The van der Waals surface area contributed by atoms with Crippen LogP contribution in [0.5, 0.6) is 0 Å². The monoisotopic (exact) mass is 730 g/mol. The topological polar surface area (TPSA) is 6.48 Å². The Bertz CT molecular complexity index is 2360. The first-order valence-corrected chi connectivity index (χ1v) is 19.5. The molecule has 1 aliphatic heterocycles. The van der Waals surface area contributed by atoms with E-state index >= 15 is 0 Å². The van der Waals surface area contributed by atoms with E-state index in [0.29, 0.717) is 0 Å². The number of para-hydroxylation sites is 1. The van der Waals surface area contributed by atoms with Crippen LogP contribution in [0.15, 0.2) is 212 Å². The molecule has 0 radical (unpaired) electrons. The highest BCUT2D eigenvalue weighted by atomic mass is 15.2. The van der Waals surface area contributed by atoms with Crippen molar-refractivity contribution in [1.82, 2.24) is 0 Å². The van der Waals surface area contributed by atoms with Gasteiger partial charge >= 0.3 is 0 Å². The van der Waals surface area contributed by atoms with Crippen molar-refractivity contribution in [2.75, 3.05) is 9.80 Å². The van der Waals surface area contributed by atoms with E-state index in [4.69, 9.17) is 0 Å². The van der Waals surface area contributed by atoms with E-state index in [1.807, 2.05) is 49.4 Å². The van der Waals surface area contributed by atoms with Crippen molar-refractivity contribution >= 4 is 39.5 Å². The van der Waals surface area contributed by atoms with Crippen molar-refractivity contribution < 1.29 is 0 Å². The highest BCUT2D eigenvalue weighted by Crippen LogP contribution is 2.49. The van der Waals surface area contributed by atoms with Gasteiger partial charge in [-0.1, -0.05) is 155 Å². The largest absolute Gasteiger partial charge is 0.315 e. The summed E-state index contributed by atoms with van der Waals surface area (Å²) in [5.74, 6) is 0. The average Bonchev–Trinajstić information content (AvgIpc) is 3.43. The number of nitrogens with zero attached hydrogens (tertiary/aromatic N) is 2. The molecule has 2 nitrogen and oxygen atoms in total. The van der Waals surface area contributed by atoms with Crippen LogP contribution in [0.2, 0.25) is 0 Å². The number of hydrogen-bond acceptors (Lipinski definition) is 2. The highest BCUT2D eigenvalue weighted by molar-refractivity contribution is 5.89. The molecule has 0 amide bonds. The summed E-state index contributed by atoms with van der Waals surface area (Å²) in [5.41, 5.74) is 17.2. The summed E-state index contributed by atoms with van der Waals surface area (Å²) in [6.45, 7) is 25.9. The van der Waals surface area contributed by atoms with Crippen molar-refractivity contribution in [2.24, 2.45) is 0 Å². The number of hydrogen-bond donors (Lipinski definition) is 0. The molecule has 0 saturated heterocycles. The van der Waals surface area contributed by atoms with Gasteiger partial charge < -0.3 is 9.80 Å². The van der Waals surface area contributed by atoms with E-state index in [9.17, 15) is 0 Å². The maximum Gasteiger partial charge on any atom is 0.0468 e. The molecule has 0 aromatic heterocycles. The lowest BCUT2D eigenvalue weighted by Crippen LogP contribution is -2.19. The highest BCUT2D eigenvalue weighted by Gasteiger charge is 2.35. The molecule has 0 saturated carbocycles. The van der Waals surface area contributed by atoms with Crippen LogP contribution < -0.4 is 9.80 Å². The lowest BCUT2D eigenvalue weighted by molar-refractivity contribution is 0.639. The van der Waals surface area contributed by atoms with E-state index in [0.717, 1.165) is 57.1 Å². The quantitative estimate of drug-likeness (QED) is 0.142. The smallest absolute Gasteiger partial charge is 0.0468 e. The van der Waals surface area contributed by atoms with Gasteiger partial charge in [-0.3, -0.25) is 0 Å². The number of allylic oxidation sites excluding steroid dienone is 18. The minimum absolute atomic E-state index is 0.0642. The molecule has 0 unspecified atom stereocenters. The number of fused-ring (bicyclic) bond motifs is 1. The fourth-order valence-electron chi connectivity index (χ4n) is 7.61. The molecule has 0 spiro atoms. The fraction of sp³-hybridized carbons (Fsp3) is 0.148. The summed E-state index contributed by atoms with van der Waals surface area (Å²) >= 11 is 0. The molecule has 6 rings (SSSR count). The minimum Gasteiger partial charge on any atom is -0.315 e. The number of anilines is 4. The average molecular weight is 731 g/mol. The van der Waals surface area contributed by atoms with Crippen molar-refractivity contribution in [3.63, 3.8) is 0 Å². The van der Waals surface area contributed by atoms with Crippen molar-refractivity contribution in [3.8, 4) is 0 Å². The van der Waals surface area contributed by atoms with Crippen LogP contribution in [0.3, 0.4) is 0 Å². The normalized spacial score (nSPS) is 17.1. The molecule has 0 atom stereocenters. The molecule has 0 N–H and O–H groups in total. The maximum atomic E-state index is 4.51. The third kappa shape index (κ3) is 8.16. The first-order chi connectivity index (χ1) is 27.1. The Labute approximate surface area is 335 Å². The third-order valence-corrected chi connectivity index (χ3v) is 11.0. The van der Waals surface area contributed by atoms with Crippen LogP contribution >= 0.6 is 0 Å². The van der Waals surface area contributed by atoms with Crippen LogP contribution in [0, 0.1) is 0 Å². The Kier molecular flexibility index (Phi) is 12.2. The molecule has 56 heavy (non-hydrogen) atoms. The van der Waals surface area contributed by atoms with Crippen LogP contribution in [-0.4, -0.2) is 0 Å². The molecule has 2 heteroatoms. The molecule has 0 bridgehead atoms. The molecule has 4 aromatic carbocycles. The molecule has 2 aliphatic rings. The summed E-state index contributed by atoms with van der Waals surface area (Å²) in [7, 11) is 0. The Morgan fingerprint density at radius 3 is 2.11 bits per heavy atom. The van der Waals surface area contributed by atoms with Crippen molar-refractivity contribution in [1.29, 1.82) is 0 Å². The Balaban J connectivity index is 1.42.